The van der Waals surface area contributed by atoms with Crippen molar-refractivity contribution in [3.05, 3.63) is 82.9 Å². The lowest BCUT2D eigenvalue weighted by Gasteiger charge is -2.23. The maximum atomic E-state index is 13.6. The Bertz CT molecular complexity index is 1660. The number of benzene rings is 3. The van der Waals surface area contributed by atoms with Gasteiger partial charge in [0.1, 0.15) is 29.1 Å². The molecule has 2 aliphatic heterocycles. The number of amides is 1. The number of rotatable bonds is 6. The van der Waals surface area contributed by atoms with E-state index in [9.17, 15) is 14.7 Å². The number of fused-ring (bicyclic) bond motifs is 2. The van der Waals surface area contributed by atoms with Crippen molar-refractivity contribution in [2.24, 2.45) is 0 Å². The largest absolute Gasteiger partial charge is 0.507 e. The van der Waals surface area contributed by atoms with Crippen LogP contribution in [0.25, 0.3) is 16.0 Å². The molecule has 3 aromatic carbocycles. The summed E-state index contributed by atoms with van der Waals surface area (Å²) >= 11 is 1.28. The molecule has 198 valence electrons. The smallest absolute Gasteiger partial charge is 0.301 e. The molecule has 0 unspecified atom stereocenters. The van der Waals surface area contributed by atoms with Gasteiger partial charge in [-0.3, -0.25) is 14.5 Å². The van der Waals surface area contributed by atoms with Gasteiger partial charge in [0, 0.05) is 12.0 Å². The molecule has 6 rings (SSSR count). The summed E-state index contributed by atoms with van der Waals surface area (Å²) in [6.45, 7) is 4.32. The third kappa shape index (κ3) is 4.28. The highest BCUT2D eigenvalue weighted by molar-refractivity contribution is 7.22. The molecule has 0 bridgehead atoms. The monoisotopic (exact) mass is 542 g/mol. The van der Waals surface area contributed by atoms with Gasteiger partial charge in [-0.15, -0.1) is 0 Å². The van der Waals surface area contributed by atoms with Crippen LogP contribution < -0.4 is 19.1 Å². The Kier molecular flexibility index (Phi) is 6.23. The fourth-order valence-electron chi connectivity index (χ4n) is 5.13. The second-order valence-electron chi connectivity index (χ2n) is 9.46. The van der Waals surface area contributed by atoms with Crippen molar-refractivity contribution in [2.75, 3.05) is 18.6 Å². The minimum Gasteiger partial charge on any atom is -0.507 e. The Morgan fingerprint density at radius 2 is 1.97 bits per heavy atom. The number of nitrogens with zero attached hydrogens (tertiary/aromatic N) is 2. The van der Waals surface area contributed by atoms with Crippen molar-refractivity contribution < 1.29 is 28.9 Å². The van der Waals surface area contributed by atoms with Crippen molar-refractivity contribution in [2.45, 2.75) is 32.4 Å². The number of Topliss-reactive ketones (excluding diaryl/α,β-unsaturated/α-hetero) is 1. The molecule has 0 saturated carbocycles. The summed E-state index contributed by atoms with van der Waals surface area (Å²) in [4.78, 5) is 33.2. The van der Waals surface area contributed by atoms with Crippen molar-refractivity contribution in [3.63, 3.8) is 0 Å². The van der Waals surface area contributed by atoms with Gasteiger partial charge in [0.25, 0.3) is 5.78 Å². The van der Waals surface area contributed by atoms with Crippen LogP contribution in [0.2, 0.25) is 0 Å². The van der Waals surface area contributed by atoms with Gasteiger partial charge in [-0.2, -0.15) is 0 Å². The molecule has 1 saturated heterocycles. The van der Waals surface area contributed by atoms with Crippen LogP contribution in [0.15, 0.2) is 66.2 Å². The number of carbonyl (C=O) groups is 2. The number of thiazole rings is 1. The Hall–Kier alpha value is -4.37. The first-order valence-corrected chi connectivity index (χ1v) is 13.5. The highest BCUT2D eigenvalue weighted by Gasteiger charge is 2.48. The zero-order chi connectivity index (χ0) is 27.3. The molecule has 0 radical (unpaired) electrons. The van der Waals surface area contributed by atoms with E-state index in [-0.39, 0.29) is 17.4 Å². The van der Waals surface area contributed by atoms with Gasteiger partial charge < -0.3 is 19.3 Å². The summed E-state index contributed by atoms with van der Waals surface area (Å²) in [5.74, 6) is 0.237. The molecule has 0 aliphatic carbocycles. The van der Waals surface area contributed by atoms with E-state index in [0.717, 1.165) is 16.0 Å². The van der Waals surface area contributed by atoms with Crippen LogP contribution in [-0.4, -0.2) is 41.6 Å². The molecule has 2 atom stereocenters. The lowest BCUT2D eigenvalue weighted by atomic mass is 9.94. The van der Waals surface area contributed by atoms with Crippen LogP contribution in [0.5, 0.6) is 17.2 Å². The number of aromatic nitrogens is 1. The van der Waals surface area contributed by atoms with E-state index in [1.165, 1.54) is 16.2 Å². The van der Waals surface area contributed by atoms with E-state index in [1.807, 2.05) is 44.2 Å². The topological polar surface area (TPSA) is 98.2 Å². The van der Waals surface area contributed by atoms with Gasteiger partial charge in [0.05, 0.1) is 35.5 Å². The number of ether oxygens (including phenoxy) is 3. The number of anilines is 1. The summed E-state index contributed by atoms with van der Waals surface area (Å²) in [6, 6.07) is 17.1. The molecule has 4 aromatic rings. The molecule has 0 spiro atoms. The van der Waals surface area contributed by atoms with E-state index in [2.05, 4.69) is 4.98 Å². The number of hydrogen-bond donors (Lipinski definition) is 1. The van der Waals surface area contributed by atoms with Gasteiger partial charge in [-0.1, -0.05) is 23.5 Å². The Morgan fingerprint density at radius 1 is 1.13 bits per heavy atom. The fraction of sp³-hybridized carbons (Fsp3) is 0.233. The summed E-state index contributed by atoms with van der Waals surface area (Å²) in [6.07, 6.45) is 0.724. The Morgan fingerprint density at radius 3 is 2.77 bits per heavy atom. The quantitative estimate of drug-likeness (QED) is 0.191. The van der Waals surface area contributed by atoms with Crippen LogP contribution in [0.4, 0.5) is 5.13 Å². The number of carbonyl (C=O) groups excluding carboxylic acids is 2. The molecule has 3 heterocycles. The molecule has 8 nitrogen and oxygen atoms in total. The predicted octanol–water partition coefficient (Wildman–Crippen LogP) is 5.65. The van der Waals surface area contributed by atoms with Gasteiger partial charge in [-0.05, 0) is 73.5 Å². The lowest BCUT2D eigenvalue weighted by molar-refractivity contribution is -0.132. The van der Waals surface area contributed by atoms with E-state index < -0.39 is 17.7 Å². The van der Waals surface area contributed by atoms with Gasteiger partial charge in [-0.25, -0.2) is 4.98 Å². The summed E-state index contributed by atoms with van der Waals surface area (Å²) in [5, 5.41) is 11.9. The van der Waals surface area contributed by atoms with Crippen molar-refractivity contribution in [3.8, 4) is 17.2 Å². The molecule has 1 amide bonds. The van der Waals surface area contributed by atoms with Crippen LogP contribution in [0, 0.1) is 0 Å². The number of ketones is 1. The lowest BCUT2D eigenvalue weighted by Crippen LogP contribution is -2.29. The first-order chi connectivity index (χ1) is 18.9. The zero-order valence-electron chi connectivity index (χ0n) is 21.6. The first-order valence-electron chi connectivity index (χ1n) is 12.7. The van der Waals surface area contributed by atoms with E-state index in [0.29, 0.717) is 46.3 Å². The summed E-state index contributed by atoms with van der Waals surface area (Å²) < 4.78 is 17.6. The predicted molar refractivity (Wildman–Crippen MR) is 149 cm³/mol. The van der Waals surface area contributed by atoms with E-state index in [4.69, 9.17) is 14.2 Å². The maximum absolute atomic E-state index is 13.6. The second-order valence-corrected chi connectivity index (χ2v) is 10.5. The SMILES string of the molecule is CCOc1cccc([C@@H]2/C(=C(\O)c3ccc4c(c3)C[C@@H](C)O4)C(=O)C(=O)N2c2nc3ccc(OC)cc3s2)c1. The van der Waals surface area contributed by atoms with Gasteiger partial charge >= 0.3 is 5.91 Å². The average molecular weight is 543 g/mol. The Labute approximate surface area is 229 Å². The highest BCUT2D eigenvalue weighted by Crippen LogP contribution is 2.45. The Balaban J connectivity index is 1.53. The molecule has 2 aliphatic rings. The maximum Gasteiger partial charge on any atom is 0.301 e. The third-order valence-corrected chi connectivity index (χ3v) is 7.91. The highest BCUT2D eigenvalue weighted by atomic mass is 32.1. The molecular weight excluding hydrogens is 516 g/mol. The molecule has 1 N–H and O–H groups in total. The summed E-state index contributed by atoms with van der Waals surface area (Å²) in [5.41, 5.74) is 2.68. The minimum absolute atomic E-state index is 0.00241. The second kappa shape index (κ2) is 9.74. The first kappa shape index (κ1) is 24.9. The molecule has 9 heteroatoms. The third-order valence-electron chi connectivity index (χ3n) is 6.89. The van der Waals surface area contributed by atoms with E-state index >= 15 is 0 Å². The molecule has 1 fully saturated rings. The fourth-order valence-corrected chi connectivity index (χ4v) is 6.15. The van der Waals surface area contributed by atoms with Crippen LogP contribution in [-0.2, 0) is 16.0 Å². The van der Waals surface area contributed by atoms with Gasteiger partial charge in [0.2, 0.25) is 0 Å². The van der Waals surface area contributed by atoms with Crippen LogP contribution >= 0.6 is 11.3 Å². The molecular formula is C30H26N2O6S. The molecule has 39 heavy (non-hydrogen) atoms. The van der Waals surface area contributed by atoms with Crippen molar-refractivity contribution in [1.29, 1.82) is 0 Å². The minimum atomic E-state index is -0.906. The standard InChI is InChI=1S/C30H26N2O6S/c1-4-37-21-7-5-6-17(14-21)26-25(27(33)18-8-11-23-19(13-18)12-16(2)38-23)28(34)29(35)32(26)30-31-22-10-9-20(36-3)15-24(22)39-30/h5-11,13-16,26,33H,4,12H2,1-3H3/b27-25+/t16-,26-/m1/s1. The summed E-state index contributed by atoms with van der Waals surface area (Å²) in [7, 11) is 1.58. The number of methoxy groups -OCH3 is 1. The number of hydrogen-bond acceptors (Lipinski definition) is 8. The number of aliphatic hydroxyl groups is 1. The van der Waals surface area contributed by atoms with E-state index in [1.54, 1.807) is 37.4 Å². The van der Waals surface area contributed by atoms with Crippen molar-refractivity contribution >= 4 is 44.1 Å². The van der Waals surface area contributed by atoms with Gasteiger partial charge in [0.15, 0.2) is 5.13 Å². The average Bonchev–Trinajstić information content (AvgIpc) is 3.60. The normalized spacial score (nSPS) is 19.8. The number of aliphatic hydroxyl groups excluding tert-OH is 1. The zero-order valence-corrected chi connectivity index (χ0v) is 22.5. The van der Waals surface area contributed by atoms with Crippen LogP contribution in [0.1, 0.15) is 36.6 Å². The van der Waals surface area contributed by atoms with Crippen molar-refractivity contribution in [1.82, 2.24) is 4.98 Å². The van der Waals surface area contributed by atoms with Crippen LogP contribution in [0.3, 0.4) is 0 Å². The molecule has 1 aromatic heterocycles.